The minimum Gasteiger partial charge on any atom is -0.381 e. The Morgan fingerprint density at radius 2 is 2.08 bits per heavy atom. The van der Waals surface area contributed by atoms with E-state index in [1.165, 1.54) is 25.7 Å². The quantitative estimate of drug-likeness (QED) is 0.651. The summed E-state index contributed by atoms with van der Waals surface area (Å²) in [4.78, 5) is 0. The number of hydrogen-bond donors (Lipinski definition) is 0. The first kappa shape index (κ1) is 9.51. The van der Waals surface area contributed by atoms with Gasteiger partial charge >= 0.3 is 0 Å². The average molecular weight is 182 g/mol. The molecule has 1 aliphatic carbocycles. The van der Waals surface area contributed by atoms with E-state index in [1.807, 2.05) is 0 Å². The molecule has 1 saturated heterocycles. The molecule has 0 spiro atoms. The van der Waals surface area contributed by atoms with Gasteiger partial charge in [-0.1, -0.05) is 26.7 Å². The highest BCUT2D eigenvalue weighted by atomic mass is 16.5. The predicted molar refractivity (Wildman–Crippen MR) is 54.6 cm³/mol. The van der Waals surface area contributed by atoms with Gasteiger partial charge in [0.15, 0.2) is 0 Å². The van der Waals surface area contributed by atoms with E-state index in [4.69, 9.17) is 4.74 Å². The summed E-state index contributed by atoms with van der Waals surface area (Å²) in [6.45, 7) is 6.88. The summed E-state index contributed by atoms with van der Waals surface area (Å²) >= 11 is 0. The molecular formula is C12H22O. The summed E-state index contributed by atoms with van der Waals surface area (Å²) in [7, 11) is 0. The van der Waals surface area contributed by atoms with Crippen LogP contribution in [0.4, 0.5) is 0 Å². The first-order valence-electron chi connectivity index (χ1n) is 5.83. The van der Waals surface area contributed by atoms with Gasteiger partial charge in [0.2, 0.25) is 0 Å². The molecule has 2 fully saturated rings. The molecule has 0 aromatic heterocycles. The lowest BCUT2D eigenvalue weighted by molar-refractivity contribution is -0.0610. The Morgan fingerprint density at radius 1 is 1.31 bits per heavy atom. The van der Waals surface area contributed by atoms with E-state index in [1.54, 1.807) is 0 Å². The molecule has 0 aromatic rings. The summed E-state index contributed by atoms with van der Waals surface area (Å²) in [5, 5.41) is 0. The van der Waals surface area contributed by atoms with Gasteiger partial charge in [0.1, 0.15) is 0 Å². The Hall–Kier alpha value is -0.0400. The Bertz CT molecular complexity index is 163. The molecule has 1 heterocycles. The number of ether oxygens (including phenoxy) is 1. The second kappa shape index (κ2) is 4.00. The summed E-state index contributed by atoms with van der Waals surface area (Å²) in [5.41, 5.74) is 0. The maximum Gasteiger partial charge on any atom is 0.0519 e. The van der Waals surface area contributed by atoms with Gasteiger partial charge in [0, 0.05) is 5.92 Å². The minimum absolute atomic E-state index is 0.885. The van der Waals surface area contributed by atoms with Crippen LogP contribution in [-0.2, 0) is 4.74 Å². The van der Waals surface area contributed by atoms with Crippen molar-refractivity contribution in [2.75, 3.05) is 13.2 Å². The van der Waals surface area contributed by atoms with Crippen LogP contribution in [-0.4, -0.2) is 13.2 Å². The van der Waals surface area contributed by atoms with Gasteiger partial charge in [-0.2, -0.15) is 0 Å². The van der Waals surface area contributed by atoms with Crippen LogP contribution < -0.4 is 0 Å². The zero-order chi connectivity index (χ0) is 9.26. The van der Waals surface area contributed by atoms with E-state index in [9.17, 15) is 0 Å². The lowest BCUT2D eigenvalue weighted by Gasteiger charge is -2.32. The Labute approximate surface area is 81.9 Å². The van der Waals surface area contributed by atoms with Gasteiger partial charge in [-0.05, 0) is 30.6 Å². The van der Waals surface area contributed by atoms with Gasteiger partial charge in [-0.25, -0.2) is 0 Å². The third kappa shape index (κ3) is 2.25. The molecule has 13 heavy (non-hydrogen) atoms. The van der Waals surface area contributed by atoms with Crippen LogP contribution in [0.5, 0.6) is 0 Å². The minimum atomic E-state index is 0.885. The average Bonchev–Trinajstić information content (AvgIpc) is 2.31. The molecule has 0 amide bonds. The van der Waals surface area contributed by atoms with E-state index in [-0.39, 0.29) is 0 Å². The molecule has 1 heteroatoms. The maximum absolute atomic E-state index is 5.24. The molecule has 1 nitrogen and oxygen atoms in total. The van der Waals surface area contributed by atoms with Gasteiger partial charge in [-0.3, -0.25) is 0 Å². The molecule has 3 atom stereocenters. The van der Waals surface area contributed by atoms with E-state index in [0.29, 0.717) is 0 Å². The second-order valence-electron chi connectivity index (χ2n) is 5.29. The monoisotopic (exact) mass is 182 g/mol. The molecule has 2 rings (SSSR count). The van der Waals surface area contributed by atoms with Crippen molar-refractivity contribution < 1.29 is 4.74 Å². The summed E-state index contributed by atoms with van der Waals surface area (Å²) in [6.07, 6.45) is 5.90. The van der Waals surface area contributed by atoms with E-state index >= 15 is 0 Å². The van der Waals surface area contributed by atoms with Gasteiger partial charge < -0.3 is 4.74 Å². The summed E-state index contributed by atoms with van der Waals surface area (Å²) in [6, 6.07) is 0. The lowest BCUT2D eigenvalue weighted by atomic mass is 9.84. The molecule has 0 radical (unpaired) electrons. The molecular weight excluding hydrogens is 160 g/mol. The van der Waals surface area contributed by atoms with Crippen LogP contribution in [0.15, 0.2) is 0 Å². The van der Waals surface area contributed by atoms with Crippen molar-refractivity contribution in [1.29, 1.82) is 0 Å². The van der Waals surface area contributed by atoms with Crippen LogP contribution in [0.2, 0.25) is 0 Å². The highest BCUT2D eigenvalue weighted by Crippen LogP contribution is 2.37. The van der Waals surface area contributed by atoms with Crippen molar-refractivity contribution >= 4 is 0 Å². The van der Waals surface area contributed by atoms with Crippen molar-refractivity contribution in [3.8, 4) is 0 Å². The first-order valence-corrected chi connectivity index (χ1v) is 5.83. The van der Waals surface area contributed by atoms with Crippen LogP contribution >= 0.6 is 0 Å². The first-order chi connectivity index (χ1) is 6.25. The van der Waals surface area contributed by atoms with Gasteiger partial charge in [0.25, 0.3) is 0 Å². The maximum atomic E-state index is 5.24. The molecule has 3 unspecified atom stereocenters. The zero-order valence-corrected chi connectivity index (χ0v) is 8.96. The van der Waals surface area contributed by atoms with Gasteiger partial charge in [-0.15, -0.1) is 0 Å². The van der Waals surface area contributed by atoms with E-state index in [0.717, 1.165) is 36.9 Å². The van der Waals surface area contributed by atoms with Crippen LogP contribution in [0, 0.1) is 23.7 Å². The normalized spacial score (nSPS) is 37.4. The van der Waals surface area contributed by atoms with Crippen LogP contribution in [0.1, 0.15) is 39.5 Å². The second-order valence-corrected chi connectivity index (χ2v) is 5.29. The zero-order valence-electron chi connectivity index (χ0n) is 8.96. The number of rotatable bonds is 3. The fraction of sp³-hybridized carbons (Fsp3) is 1.00. The highest BCUT2D eigenvalue weighted by molar-refractivity contribution is 4.79. The highest BCUT2D eigenvalue weighted by Gasteiger charge is 2.29. The standard InChI is InChI=1S/C12H22O/c1-9-3-4-11(5-9)6-10(2)12-7-13-8-12/h9-12H,3-8H2,1-2H3. The Kier molecular flexibility index (Phi) is 2.92. The molecule has 1 saturated carbocycles. The topological polar surface area (TPSA) is 9.23 Å². The molecule has 1 aliphatic heterocycles. The van der Waals surface area contributed by atoms with Crippen molar-refractivity contribution in [1.82, 2.24) is 0 Å². The molecule has 2 aliphatic rings. The van der Waals surface area contributed by atoms with Crippen molar-refractivity contribution in [2.45, 2.75) is 39.5 Å². The third-order valence-electron chi connectivity index (χ3n) is 3.98. The fourth-order valence-electron chi connectivity index (χ4n) is 2.84. The largest absolute Gasteiger partial charge is 0.381 e. The lowest BCUT2D eigenvalue weighted by Crippen LogP contribution is -2.33. The molecule has 76 valence electrons. The van der Waals surface area contributed by atoms with Crippen LogP contribution in [0.3, 0.4) is 0 Å². The van der Waals surface area contributed by atoms with E-state index in [2.05, 4.69) is 13.8 Å². The fourth-order valence-corrected chi connectivity index (χ4v) is 2.84. The van der Waals surface area contributed by atoms with Gasteiger partial charge in [0.05, 0.1) is 13.2 Å². The van der Waals surface area contributed by atoms with Crippen LogP contribution in [0.25, 0.3) is 0 Å². The Morgan fingerprint density at radius 3 is 2.54 bits per heavy atom. The Balaban J connectivity index is 1.71. The van der Waals surface area contributed by atoms with E-state index < -0.39 is 0 Å². The molecule has 0 bridgehead atoms. The SMILES string of the molecule is CC1CCC(CC(C)C2COC2)C1. The summed E-state index contributed by atoms with van der Waals surface area (Å²) < 4.78 is 5.24. The number of hydrogen-bond acceptors (Lipinski definition) is 1. The molecule has 0 aromatic carbocycles. The van der Waals surface area contributed by atoms with Crippen molar-refractivity contribution in [3.63, 3.8) is 0 Å². The van der Waals surface area contributed by atoms with Crippen molar-refractivity contribution in [2.24, 2.45) is 23.7 Å². The summed E-state index contributed by atoms with van der Waals surface area (Å²) in [5.74, 6) is 3.82. The predicted octanol–water partition coefficient (Wildman–Crippen LogP) is 3.10. The third-order valence-corrected chi connectivity index (χ3v) is 3.98. The smallest absolute Gasteiger partial charge is 0.0519 e. The van der Waals surface area contributed by atoms with Crippen molar-refractivity contribution in [3.05, 3.63) is 0 Å². The molecule has 0 N–H and O–H groups in total.